The van der Waals surface area contributed by atoms with Crippen LogP contribution in [0, 0.1) is 11.3 Å². The lowest BCUT2D eigenvalue weighted by Gasteiger charge is -2.37. The Hall–Kier alpha value is -0.0800. The maximum Gasteiger partial charge on any atom is 0.00967 e. The molecule has 2 nitrogen and oxygen atoms in total. The summed E-state index contributed by atoms with van der Waals surface area (Å²) in [6, 6.07) is 0. The Morgan fingerprint density at radius 3 is 2.11 bits per heavy atom. The van der Waals surface area contributed by atoms with Crippen LogP contribution in [-0.2, 0) is 0 Å². The van der Waals surface area contributed by atoms with Gasteiger partial charge in [0.15, 0.2) is 0 Å². The molecule has 0 aromatic carbocycles. The molecule has 1 fully saturated rings. The van der Waals surface area contributed by atoms with Crippen LogP contribution in [0.4, 0.5) is 0 Å². The molecule has 1 saturated carbocycles. The molecule has 1 N–H and O–H groups in total. The molecule has 0 spiro atoms. The monoisotopic (exact) mass is 254 g/mol. The van der Waals surface area contributed by atoms with Crippen molar-refractivity contribution in [1.82, 2.24) is 10.2 Å². The van der Waals surface area contributed by atoms with Gasteiger partial charge in [0.2, 0.25) is 0 Å². The maximum absolute atomic E-state index is 3.69. The van der Waals surface area contributed by atoms with Gasteiger partial charge in [0, 0.05) is 25.2 Å². The van der Waals surface area contributed by atoms with Crippen LogP contribution < -0.4 is 5.32 Å². The first-order chi connectivity index (χ1) is 8.28. The summed E-state index contributed by atoms with van der Waals surface area (Å²) < 4.78 is 0. The number of hydrogen-bond acceptors (Lipinski definition) is 2. The van der Waals surface area contributed by atoms with E-state index in [9.17, 15) is 0 Å². The van der Waals surface area contributed by atoms with E-state index in [0.717, 1.165) is 12.5 Å². The van der Waals surface area contributed by atoms with Gasteiger partial charge in [0.25, 0.3) is 0 Å². The molecular weight excluding hydrogens is 220 g/mol. The Morgan fingerprint density at radius 2 is 1.72 bits per heavy atom. The minimum Gasteiger partial charge on any atom is -0.311 e. The van der Waals surface area contributed by atoms with Crippen LogP contribution in [0.3, 0.4) is 0 Å². The van der Waals surface area contributed by atoms with E-state index >= 15 is 0 Å². The summed E-state index contributed by atoms with van der Waals surface area (Å²) in [7, 11) is 0. The van der Waals surface area contributed by atoms with Crippen LogP contribution in [0.5, 0.6) is 0 Å². The van der Waals surface area contributed by atoms with E-state index in [-0.39, 0.29) is 5.54 Å². The molecule has 1 unspecified atom stereocenters. The molecule has 0 radical (unpaired) electrons. The number of rotatable bonds is 8. The first-order valence-corrected chi connectivity index (χ1v) is 7.75. The largest absolute Gasteiger partial charge is 0.311 e. The lowest BCUT2D eigenvalue weighted by Crippen LogP contribution is -2.47. The van der Waals surface area contributed by atoms with Gasteiger partial charge in [0.1, 0.15) is 0 Å². The van der Waals surface area contributed by atoms with Crippen molar-refractivity contribution in [2.75, 3.05) is 26.2 Å². The Kier molecular flexibility index (Phi) is 5.67. The highest BCUT2D eigenvalue weighted by molar-refractivity contribution is 4.85. The van der Waals surface area contributed by atoms with E-state index in [1.54, 1.807) is 0 Å². The first kappa shape index (κ1) is 16.0. The molecule has 0 saturated heterocycles. The van der Waals surface area contributed by atoms with Gasteiger partial charge in [-0.1, -0.05) is 20.8 Å². The summed E-state index contributed by atoms with van der Waals surface area (Å²) in [5.41, 5.74) is 0.627. The normalized spacial score (nSPS) is 20.2. The zero-order chi connectivity index (χ0) is 13.8. The highest BCUT2D eigenvalue weighted by Crippen LogP contribution is 2.31. The second kappa shape index (κ2) is 6.38. The van der Waals surface area contributed by atoms with E-state index in [0.29, 0.717) is 5.41 Å². The molecule has 1 aliphatic carbocycles. The molecule has 1 aliphatic rings. The fourth-order valence-corrected chi connectivity index (χ4v) is 2.28. The molecule has 0 amide bonds. The number of nitrogens with zero attached hydrogens (tertiary/aromatic N) is 1. The van der Waals surface area contributed by atoms with Gasteiger partial charge in [0.05, 0.1) is 0 Å². The van der Waals surface area contributed by atoms with Crippen LogP contribution in [-0.4, -0.2) is 36.6 Å². The molecule has 1 rings (SSSR count). The van der Waals surface area contributed by atoms with Crippen LogP contribution in [0.1, 0.15) is 60.8 Å². The topological polar surface area (TPSA) is 15.3 Å². The van der Waals surface area contributed by atoms with Crippen molar-refractivity contribution in [3.8, 4) is 0 Å². The fraction of sp³-hybridized carbons (Fsp3) is 1.00. The third kappa shape index (κ3) is 6.19. The smallest absolute Gasteiger partial charge is 0.00967 e. The minimum absolute atomic E-state index is 0.226. The van der Waals surface area contributed by atoms with Crippen LogP contribution in [0.25, 0.3) is 0 Å². The summed E-state index contributed by atoms with van der Waals surface area (Å²) in [5.74, 6) is 1.00. The molecule has 108 valence electrons. The van der Waals surface area contributed by atoms with Gasteiger partial charge in [-0.25, -0.2) is 0 Å². The van der Waals surface area contributed by atoms with E-state index in [1.165, 1.54) is 38.9 Å². The molecular formula is C16H34N2. The molecule has 2 heteroatoms. The second-order valence-corrected chi connectivity index (χ2v) is 7.54. The molecule has 1 atom stereocenters. The molecule has 0 aliphatic heterocycles. The minimum atomic E-state index is 0.226. The Bertz CT molecular complexity index is 240. The average molecular weight is 254 g/mol. The van der Waals surface area contributed by atoms with Crippen molar-refractivity contribution in [1.29, 1.82) is 0 Å². The molecule has 0 aromatic heterocycles. The first-order valence-electron chi connectivity index (χ1n) is 7.75. The predicted octanol–water partition coefficient (Wildman–Crippen LogP) is 3.52. The third-order valence-electron chi connectivity index (χ3n) is 4.16. The van der Waals surface area contributed by atoms with Crippen molar-refractivity contribution < 1.29 is 0 Å². The Balaban J connectivity index is 2.45. The van der Waals surface area contributed by atoms with E-state index in [4.69, 9.17) is 0 Å². The number of hydrogen-bond donors (Lipinski definition) is 1. The van der Waals surface area contributed by atoms with Crippen molar-refractivity contribution in [2.45, 2.75) is 66.3 Å². The van der Waals surface area contributed by atoms with Gasteiger partial charge in [-0.3, -0.25) is 0 Å². The Morgan fingerprint density at radius 1 is 1.11 bits per heavy atom. The third-order valence-corrected chi connectivity index (χ3v) is 4.16. The fourth-order valence-electron chi connectivity index (χ4n) is 2.28. The molecule has 18 heavy (non-hydrogen) atoms. The molecule has 0 aromatic rings. The second-order valence-electron chi connectivity index (χ2n) is 7.54. The highest BCUT2D eigenvalue weighted by atomic mass is 15.1. The highest BCUT2D eigenvalue weighted by Gasteiger charge is 2.29. The summed E-state index contributed by atoms with van der Waals surface area (Å²) in [6.07, 6.45) is 4.16. The maximum atomic E-state index is 3.69. The van der Waals surface area contributed by atoms with E-state index in [2.05, 4.69) is 51.8 Å². The summed E-state index contributed by atoms with van der Waals surface area (Å²) in [5, 5.41) is 3.69. The average Bonchev–Trinajstić information content (AvgIpc) is 3.08. The quantitative estimate of drug-likeness (QED) is 0.713. The predicted molar refractivity (Wildman–Crippen MR) is 81.0 cm³/mol. The van der Waals surface area contributed by atoms with Gasteiger partial charge < -0.3 is 10.2 Å². The standard InChI is InChI=1S/C16H34N2/c1-7-16(6,12-17-15(3,4)5)13-18(8-2)11-14-9-10-14/h14,17H,7-13H2,1-6H3. The SMILES string of the molecule is CCN(CC1CC1)CC(C)(CC)CNC(C)(C)C. The van der Waals surface area contributed by atoms with Crippen molar-refractivity contribution in [3.05, 3.63) is 0 Å². The Labute approximate surface area is 115 Å². The lowest BCUT2D eigenvalue weighted by atomic mass is 9.85. The summed E-state index contributed by atoms with van der Waals surface area (Å²) in [4.78, 5) is 2.66. The van der Waals surface area contributed by atoms with Gasteiger partial charge in [-0.05, 0) is 57.9 Å². The summed E-state index contributed by atoms with van der Waals surface area (Å²) >= 11 is 0. The zero-order valence-corrected chi connectivity index (χ0v) is 13.5. The molecule has 0 bridgehead atoms. The van der Waals surface area contributed by atoms with Crippen LogP contribution >= 0.6 is 0 Å². The molecule has 0 heterocycles. The van der Waals surface area contributed by atoms with E-state index in [1.807, 2.05) is 0 Å². The van der Waals surface area contributed by atoms with Crippen molar-refractivity contribution in [3.63, 3.8) is 0 Å². The van der Waals surface area contributed by atoms with Gasteiger partial charge in [-0.2, -0.15) is 0 Å². The lowest BCUT2D eigenvalue weighted by molar-refractivity contribution is 0.147. The summed E-state index contributed by atoms with van der Waals surface area (Å²) in [6.45, 7) is 18.7. The van der Waals surface area contributed by atoms with Crippen LogP contribution in [0.2, 0.25) is 0 Å². The zero-order valence-electron chi connectivity index (χ0n) is 13.5. The van der Waals surface area contributed by atoms with E-state index < -0.39 is 0 Å². The number of nitrogens with one attached hydrogen (secondary N) is 1. The van der Waals surface area contributed by atoms with Crippen molar-refractivity contribution in [2.24, 2.45) is 11.3 Å². The van der Waals surface area contributed by atoms with Crippen molar-refractivity contribution >= 4 is 0 Å². The van der Waals surface area contributed by atoms with Gasteiger partial charge in [-0.15, -0.1) is 0 Å². The van der Waals surface area contributed by atoms with Gasteiger partial charge >= 0.3 is 0 Å². The van der Waals surface area contributed by atoms with Crippen LogP contribution in [0.15, 0.2) is 0 Å².